The molecule has 0 saturated carbocycles. The number of nitrogens with one attached hydrogen (secondary N) is 1. The molecule has 0 spiro atoms. The summed E-state index contributed by atoms with van der Waals surface area (Å²) in [7, 11) is 1.60. The van der Waals surface area contributed by atoms with E-state index in [1.807, 2.05) is 4.90 Å². The van der Waals surface area contributed by atoms with Crippen LogP contribution in [0.2, 0.25) is 0 Å². The number of hydrogen-bond acceptors (Lipinski definition) is 5. The van der Waals surface area contributed by atoms with Gasteiger partial charge in [-0.15, -0.1) is 0 Å². The first kappa shape index (κ1) is 15.7. The topological polar surface area (TPSA) is 67.6 Å². The van der Waals surface area contributed by atoms with Crippen LogP contribution in [0.4, 0.5) is 15.8 Å². The minimum atomic E-state index is -0.592. The Bertz CT molecular complexity index is 492. The number of methoxy groups -OCH3 is 1. The average Bonchev–Trinajstić information content (AvgIpc) is 2.96. The van der Waals surface area contributed by atoms with Crippen molar-refractivity contribution >= 4 is 11.4 Å². The van der Waals surface area contributed by atoms with E-state index in [1.54, 1.807) is 7.11 Å². The summed E-state index contributed by atoms with van der Waals surface area (Å²) in [6.07, 6.45) is 2.17. The lowest BCUT2D eigenvalue weighted by Gasteiger charge is -2.28. The monoisotopic (exact) mass is 297 g/mol. The molecule has 1 heterocycles. The Labute approximate surface area is 123 Å². The third kappa shape index (κ3) is 4.12. The highest BCUT2D eigenvalue weighted by atomic mass is 19.1. The van der Waals surface area contributed by atoms with Gasteiger partial charge in [-0.05, 0) is 25.5 Å². The molecule has 2 rings (SSSR count). The Morgan fingerprint density at radius 2 is 2.38 bits per heavy atom. The molecule has 1 saturated heterocycles. The number of halogens is 1. The van der Waals surface area contributed by atoms with Crippen LogP contribution in [0.15, 0.2) is 18.2 Å². The highest BCUT2D eigenvalue weighted by Gasteiger charge is 2.21. The first-order valence-corrected chi connectivity index (χ1v) is 7.03. The van der Waals surface area contributed by atoms with E-state index in [9.17, 15) is 14.5 Å². The second-order valence-electron chi connectivity index (χ2n) is 5.12. The van der Waals surface area contributed by atoms with Crippen LogP contribution in [0.3, 0.4) is 0 Å². The van der Waals surface area contributed by atoms with Gasteiger partial charge in [0.15, 0.2) is 5.82 Å². The second kappa shape index (κ2) is 7.33. The number of anilines is 1. The summed E-state index contributed by atoms with van der Waals surface area (Å²) in [5, 5.41) is 14.0. The molecule has 6 nitrogen and oxygen atoms in total. The fourth-order valence-electron chi connectivity index (χ4n) is 2.56. The molecule has 1 aromatic rings. The van der Waals surface area contributed by atoms with Gasteiger partial charge < -0.3 is 15.0 Å². The normalized spacial score (nSPS) is 17.9. The Morgan fingerprint density at radius 3 is 2.95 bits per heavy atom. The van der Waals surface area contributed by atoms with Crippen LogP contribution in [0.1, 0.15) is 12.8 Å². The summed E-state index contributed by atoms with van der Waals surface area (Å²) in [5.74, 6) is -0.571. The molecule has 1 N–H and O–H groups in total. The van der Waals surface area contributed by atoms with Crippen LogP contribution in [0, 0.1) is 15.9 Å². The fourth-order valence-corrected chi connectivity index (χ4v) is 2.56. The van der Waals surface area contributed by atoms with E-state index in [2.05, 4.69) is 5.32 Å². The van der Waals surface area contributed by atoms with Gasteiger partial charge in [-0.1, -0.05) is 0 Å². The summed E-state index contributed by atoms with van der Waals surface area (Å²) < 4.78 is 19.2. The number of non-ortho nitro benzene ring substituents is 1. The van der Waals surface area contributed by atoms with Gasteiger partial charge in [0.2, 0.25) is 0 Å². The summed E-state index contributed by atoms with van der Waals surface area (Å²) in [6, 6.07) is 4.09. The molecule has 0 bridgehead atoms. The molecule has 1 fully saturated rings. The SMILES string of the molecule is COCCN(CC1CCCN1)c1ccc([N+](=O)[O-])cc1F. The predicted molar refractivity (Wildman–Crippen MR) is 78.2 cm³/mol. The third-order valence-corrected chi connectivity index (χ3v) is 3.65. The third-order valence-electron chi connectivity index (χ3n) is 3.65. The van der Waals surface area contributed by atoms with Crippen molar-refractivity contribution in [3.05, 3.63) is 34.1 Å². The molecule has 0 aromatic heterocycles. The Morgan fingerprint density at radius 1 is 1.57 bits per heavy atom. The maximum absolute atomic E-state index is 14.2. The zero-order valence-electron chi connectivity index (χ0n) is 12.0. The smallest absolute Gasteiger partial charge is 0.272 e. The molecule has 1 aromatic carbocycles. The van der Waals surface area contributed by atoms with Crippen molar-refractivity contribution in [2.24, 2.45) is 0 Å². The quantitative estimate of drug-likeness (QED) is 0.615. The molecule has 0 aliphatic carbocycles. The van der Waals surface area contributed by atoms with Crippen molar-refractivity contribution in [2.75, 3.05) is 38.3 Å². The van der Waals surface area contributed by atoms with Crippen LogP contribution in [0.5, 0.6) is 0 Å². The number of ether oxygens (including phenoxy) is 1. The second-order valence-corrected chi connectivity index (χ2v) is 5.12. The Balaban J connectivity index is 2.16. The van der Waals surface area contributed by atoms with Gasteiger partial charge in [-0.2, -0.15) is 0 Å². The number of rotatable bonds is 7. The largest absolute Gasteiger partial charge is 0.383 e. The number of nitrogens with zero attached hydrogens (tertiary/aromatic N) is 2. The maximum atomic E-state index is 14.2. The van der Waals surface area contributed by atoms with Gasteiger partial charge >= 0.3 is 0 Å². The van der Waals surface area contributed by atoms with Crippen LogP contribution in [-0.4, -0.2) is 44.3 Å². The molecule has 0 radical (unpaired) electrons. The van der Waals surface area contributed by atoms with Crippen LogP contribution >= 0.6 is 0 Å². The van der Waals surface area contributed by atoms with Crippen molar-refractivity contribution in [1.29, 1.82) is 0 Å². The number of hydrogen-bond donors (Lipinski definition) is 1. The van der Waals surface area contributed by atoms with Crippen LogP contribution in [-0.2, 0) is 4.74 Å². The Kier molecular flexibility index (Phi) is 5.46. The molecule has 1 aliphatic rings. The standard InChI is InChI=1S/C14H20FN3O3/c1-21-8-7-17(10-11-3-2-6-16-11)14-5-4-12(18(19)20)9-13(14)15/h4-5,9,11,16H,2-3,6-8,10H2,1H3. The summed E-state index contributed by atoms with van der Waals surface area (Å²) >= 11 is 0. The average molecular weight is 297 g/mol. The molecular formula is C14H20FN3O3. The van der Waals surface area contributed by atoms with Crippen molar-refractivity contribution in [3.8, 4) is 0 Å². The van der Waals surface area contributed by atoms with E-state index in [0.717, 1.165) is 25.5 Å². The molecule has 116 valence electrons. The highest BCUT2D eigenvalue weighted by Crippen LogP contribution is 2.25. The fraction of sp³-hybridized carbons (Fsp3) is 0.571. The summed E-state index contributed by atoms with van der Waals surface area (Å²) in [5.41, 5.74) is 0.147. The first-order chi connectivity index (χ1) is 10.1. The van der Waals surface area contributed by atoms with Crippen LogP contribution < -0.4 is 10.2 Å². The van der Waals surface area contributed by atoms with Gasteiger partial charge in [0, 0.05) is 32.3 Å². The minimum absolute atomic E-state index is 0.234. The molecule has 21 heavy (non-hydrogen) atoms. The minimum Gasteiger partial charge on any atom is -0.383 e. The van der Waals surface area contributed by atoms with Crippen molar-refractivity contribution in [3.63, 3.8) is 0 Å². The lowest BCUT2D eigenvalue weighted by molar-refractivity contribution is -0.385. The molecule has 1 atom stereocenters. The van der Waals surface area contributed by atoms with Gasteiger partial charge in [-0.25, -0.2) is 4.39 Å². The van der Waals surface area contributed by atoms with E-state index in [-0.39, 0.29) is 5.69 Å². The molecule has 1 aliphatic heterocycles. The predicted octanol–water partition coefficient (Wildman–Crippen LogP) is 1.94. The van der Waals surface area contributed by atoms with Gasteiger partial charge in [0.25, 0.3) is 5.69 Å². The van der Waals surface area contributed by atoms with E-state index in [0.29, 0.717) is 31.4 Å². The van der Waals surface area contributed by atoms with Gasteiger partial charge in [0.05, 0.1) is 23.3 Å². The molecule has 1 unspecified atom stereocenters. The molecular weight excluding hydrogens is 277 g/mol. The zero-order valence-corrected chi connectivity index (χ0v) is 12.0. The van der Waals surface area contributed by atoms with Crippen molar-refractivity contribution in [2.45, 2.75) is 18.9 Å². The van der Waals surface area contributed by atoms with Gasteiger partial charge in [0.1, 0.15) is 0 Å². The zero-order chi connectivity index (χ0) is 15.2. The molecule has 7 heteroatoms. The van der Waals surface area contributed by atoms with Crippen molar-refractivity contribution in [1.82, 2.24) is 5.32 Å². The summed E-state index contributed by atoms with van der Waals surface area (Å²) in [4.78, 5) is 12.0. The lowest BCUT2D eigenvalue weighted by Crippen LogP contribution is -2.39. The first-order valence-electron chi connectivity index (χ1n) is 7.03. The van der Waals surface area contributed by atoms with Crippen molar-refractivity contribution < 1.29 is 14.1 Å². The molecule has 0 amide bonds. The Hall–Kier alpha value is -1.73. The highest BCUT2D eigenvalue weighted by molar-refractivity contribution is 5.52. The van der Waals surface area contributed by atoms with Gasteiger partial charge in [-0.3, -0.25) is 10.1 Å². The summed E-state index contributed by atoms with van der Waals surface area (Å²) in [6.45, 7) is 2.66. The maximum Gasteiger partial charge on any atom is 0.272 e. The van der Waals surface area contributed by atoms with E-state index in [4.69, 9.17) is 4.74 Å². The number of nitro groups is 1. The van der Waals surface area contributed by atoms with E-state index >= 15 is 0 Å². The van der Waals surface area contributed by atoms with E-state index in [1.165, 1.54) is 12.1 Å². The van der Waals surface area contributed by atoms with Crippen LogP contribution in [0.25, 0.3) is 0 Å². The lowest BCUT2D eigenvalue weighted by atomic mass is 10.2. The number of nitro benzene ring substituents is 1. The van der Waals surface area contributed by atoms with E-state index < -0.39 is 10.7 Å². The number of benzene rings is 1.